The van der Waals surface area contributed by atoms with Crippen LogP contribution in [0.15, 0.2) is 72.4 Å². The van der Waals surface area contributed by atoms with Gasteiger partial charge in [0.05, 0.1) is 18.2 Å². The van der Waals surface area contributed by atoms with Gasteiger partial charge in [-0.25, -0.2) is 0 Å². The van der Waals surface area contributed by atoms with Crippen LogP contribution in [0.25, 0.3) is 16.7 Å². The Morgan fingerprint density at radius 2 is 1.87 bits per heavy atom. The Morgan fingerprint density at radius 3 is 2.67 bits per heavy atom. The van der Waals surface area contributed by atoms with Crippen molar-refractivity contribution in [2.75, 3.05) is 18.3 Å². The second kappa shape index (κ2) is 9.54. The molecule has 0 spiro atoms. The Morgan fingerprint density at radius 1 is 1.08 bits per heavy atom. The smallest absolute Gasteiger partial charge is 0.300 e. The zero-order valence-corrected chi connectivity index (χ0v) is 21.9. The molecule has 6 rings (SSSR count). The molecule has 8 nitrogen and oxygen atoms in total. The van der Waals surface area contributed by atoms with Crippen molar-refractivity contribution in [1.82, 2.24) is 4.98 Å². The molecule has 4 aromatic rings. The number of ether oxygens (including phenoxy) is 3. The standard InChI is InChI=1S/C31H28N2O6/c1-4-37-24-11-9-18(13-21(24)17(2)3)29(34)27-28(22-15-32-23-8-6-5-7-20(22)23)33(31(36)30(27)35)19-10-12-25-26(14-19)39-16-38-25/h5-15,17,28,32,34H,4,16H2,1-3H3/b29-27+. The number of anilines is 1. The predicted octanol–water partition coefficient (Wildman–Crippen LogP) is 6.05. The summed E-state index contributed by atoms with van der Waals surface area (Å²) in [5.41, 5.74) is 3.36. The minimum atomic E-state index is -0.879. The van der Waals surface area contributed by atoms with Crippen LogP contribution in [-0.4, -0.2) is 35.2 Å². The molecule has 1 fully saturated rings. The van der Waals surface area contributed by atoms with E-state index >= 15 is 0 Å². The van der Waals surface area contributed by atoms with Gasteiger partial charge in [-0.2, -0.15) is 0 Å². The quantitative estimate of drug-likeness (QED) is 0.181. The van der Waals surface area contributed by atoms with E-state index in [4.69, 9.17) is 14.2 Å². The maximum Gasteiger partial charge on any atom is 0.300 e. The van der Waals surface area contributed by atoms with Gasteiger partial charge in [0.1, 0.15) is 11.5 Å². The third-order valence-corrected chi connectivity index (χ3v) is 7.20. The first kappa shape index (κ1) is 24.6. The molecule has 1 saturated heterocycles. The number of rotatable bonds is 6. The number of hydrogen-bond acceptors (Lipinski definition) is 6. The maximum atomic E-state index is 13.7. The van der Waals surface area contributed by atoms with Crippen LogP contribution in [0.1, 0.15) is 49.4 Å². The summed E-state index contributed by atoms with van der Waals surface area (Å²) in [6.07, 6.45) is 1.78. The first-order valence-electron chi connectivity index (χ1n) is 12.9. The van der Waals surface area contributed by atoms with Crippen molar-refractivity contribution in [3.63, 3.8) is 0 Å². The van der Waals surface area contributed by atoms with E-state index in [1.807, 2.05) is 51.1 Å². The Balaban J connectivity index is 1.57. The summed E-state index contributed by atoms with van der Waals surface area (Å²) in [6.45, 7) is 6.57. The molecule has 2 aliphatic rings. The monoisotopic (exact) mass is 524 g/mol. The van der Waals surface area contributed by atoms with Gasteiger partial charge < -0.3 is 24.3 Å². The first-order chi connectivity index (χ1) is 18.9. The Labute approximate surface area is 225 Å². The van der Waals surface area contributed by atoms with E-state index in [-0.39, 0.29) is 24.0 Å². The van der Waals surface area contributed by atoms with Gasteiger partial charge in [-0.15, -0.1) is 0 Å². The molecule has 0 radical (unpaired) electrons. The van der Waals surface area contributed by atoms with Crippen LogP contribution in [-0.2, 0) is 9.59 Å². The predicted molar refractivity (Wildman–Crippen MR) is 147 cm³/mol. The van der Waals surface area contributed by atoms with Gasteiger partial charge in [0.25, 0.3) is 11.7 Å². The van der Waals surface area contributed by atoms with Gasteiger partial charge in [0.2, 0.25) is 6.79 Å². The molecule has 1 aromatic heterocycles. The number of fused-ring (bicyclic) bond motifs is 2. The number of aliphatic hydroxyl groups excluding tert-OH is 1. The zero-order valence-electron chi connectivity index (χ0n) is 21.9. The molecule has 198 valence electrons. The van der Waals surface area contributed by atoms with Gasteiger partial charge in [0.15, 0.2) is 11.5 Å². The fraction of sp³-hybridized carbons (Fsp3) is 0.226. The largest absolute Gasteiger partial charge is 0.507 e. The lowest BCUT2D eigenvalue weighted by atomic mass is 9.93. The van der Waals surface area contributed by atoms with Gasteiger partial charge >= 0.3 is 0 Å². The molecule has 39 heavy (non-hydrogen) atoms. The molecular weight excluding hydrogens is 496 g/mol. The number of amides is 1. The maximum absolute atomic E-state index is 13.7. The minimum Gasteiger partial charge on any atom is -0.507 e. The van der Waals surface area contributed by atoms with Crippen LogP contribution in [0, 0.1) is 0 Å². The number of aromatic nitrogens is 1. The molecule has 3 aromatic carbocycles. The SMILES string of the molecule is CCOc1ccc(/C(O)=C2\C(=O)C(=O)N(c3ccc4c(c3)OCO4)C2c2c[nH]c3ccccc23)cc1C(C)C. The number of H-pyrrole nitrogens is 1. The molecule has 8 heteroatoms. The summed E-state index contributed by atoms with van der Waals surface area (Å²) >= 11 is 0. The fourth-order valence-corrected chi connectivity index (χ4v) is 5.34. The molecule has 1 unspecified atom stereocenters. The van der Waals surface area contributed by atoms with E-state index in [9.17, 15) is 14.7 Å². The summed E-state index contributed by atoms with van der Waals surface area (Å²) in [7, 11) is 0. The third-order valence-electron chi connectivity index (χ3n) is 7.20. The Kier molecular flexibility index (Phi) is 6.02. The van der Waals surface area contributed by atoms with E-state index in [0.717, 1.165) is 22.2 Å². The molecule has 0 saturated carbocycles. The van der Waals surface area contributed by atoms with E-state index in [1.54, 1.807) is 36.5 Å². The highest BCUT2D eigenvalue weighted by atomic mass is 16.7. The Bertz CT molecular complexity index is 1650. The molecule has 1 atom stereocenters. The second-order valence-corrected chi connectivity index (χ2v) is 9.84. The zero-order chi connectivity index (χ0) is 27.3. The highest BCUT2D eigenvalue weighted by Gasteiger charge is 2.48. The van der Waals surface area contributed by atoms with Crippen LogP contribution in [0.3, 0.4) is 0 Å². The summed E-state index contributed by atoms with van der Waals surface area (Å²) in [4.78, 5) is 32.0. The molecule has 1 amide bonds. The van der Waals surface area contributed by atoms with Crippen LogP contribution in [0.4, 0.5) is 5.69 Å². The minimum absolute atomic E-state index is 0.0151. The molecule has 0 bridgehead atoms. The van der Waals surface area contributed by atoms with Crippen molar-refractivity contribution < 1.29 is 28.9 Å². The van der Waals surface area contributed by atoms with E-state index in [0.29, 0.717) is 34.9 Å². The Hall–Kier alpha value is -4.72. The molecule has 2 aliphatic heterocycles. The van der Waals surface area contributed by atoms with Crippen LogP contribution in [0.5, 0.6) is 17.2 Å². The molecule has 2 N–H and O–H groups in total. The van der Waals surface area contributed by atoms with Crippen LogP contribution >= 0.6 is 0 Å². The van der Waals surface area contributed by atoms with Gasteiger partial charge in [-0.05, 0) is 54.8 Å². The number of aliphatic hydroxyl groups is 1. The lowest BCUT2D eigenvalue weighted by Gasteiger charge is -2.25. The number of hydrogen-bond donors (Lipinski definition) is 2. The van der Waals surface area contributed by atoms with Crippen molar-refractivity contribution >= 4 is 34.0 Å². The van der Waals surface area contributed by atoms with Gasteiger partial charge in [0, 0.05) is 40.0 Å². The number of nitrogens with one attached hydrogen (secondary N) is 1. The number of para-hydroxylation sites is 1. The third kappa shape index (κ3) is 4.00. The van der Waals surface area contributed by atoms with Crippen molar-refractivity contribution in [3.8, 4) is 17.2 Å². The summed E-state index contributed by atoms with van der Waals surface area (Å²) in [5, 5.41) is 12.5. The molecular formula is C31H28N2O6. The average Bonchev–Trinajstić information content (AvgIpc) is 3.64. The summed E-state index contributed by atoms with van der Waals surface area (Å²) < 4.78 is 16.8. The number of benzene rings is 3. The number of carbonyl (C=O) groups excluding carboxylic acids is 2. The normalized spacial score (nSPS) is 17.9. The molecule has 0 aliphatic carbocycles. The van der Waals surface area contributed by atoms with Gasteiger partial charge in [-0.3, -0.25) is 14.5 Å². The average molecular weight is 525 g/mol. The lowest BCUT2D eigenvalue weighted by Crippen LogP contribution is -2.29. The van der Waals surface area contributed by atoms with Crippen molar-refractivity contribution in [3.05, 3.63) is 89.1 Å². The van der Waals surface area contributed by atoms with E-state index in [1.165, 1.54) is 4.90 Å². The molecule has 3 heterocycles. The van der Waals surface area contributed by atoms with Crippen LogP contribution < -0.4 is 19.1 Å². The number of Topliss-reactive ketones (excluding diaryl/α,β-unsaturated/α-hetero) is 1. The summed E-state index contributed by atoms with van der Waals surface area (Å²) in [5.74, 6) is 0.144. The fourth-order valence-electron chi connectivity index (χ4n) is 5.34. The first-order valence-corrected chi connectivity index (χ1v) is 12.9. The van der Waals surface area contributed by atoms with Crippen molar-refractivity contribution in [2.24, 2.45) is 0 Å². The highest BCUT2D eigenvalue weighted by Crippen LogP contribution is 2.46. The van der Waals surface area contributed by atoms with E-state index < -0.39 is 17.7 Å². The number of carbonyl (C=O) groups is 2. The van der Waals surface area contributed by atoms with Crippen molar-refractivity contribution in [2.45, 2.75) is 32.7 Å². The summed E-state index contributed by atoms with van der Waals surface area (Å²) in [6, 6.07) is 17.2. The number of ketones is 1. The van der Waals surface area contributed by atoms with Crippen molar-refractivity contribution in [1.29, 1.82) is 0 Å². The number of aromatic amines is 1. The topological polar surface area (TPSA) is 101 Å². The highest BCUT2D eigenvalue weighted by molar-refractivity contribution is 6.52. The van der Waals surface area contributed by atoms with Gasteiger partial charge in [-0.1, -0.05) is 32.0 Å². The van der Waals surface area contributed by atoms with Crippen LogP contribution in [0.2, 0.25) is 0 Å². The van der Waals surface area contributed by atoms with E-state index in [2.05, 4.69) is 4.98 Å². The number of nitrogens with zero attached hydrogens (tertiary/aromatic N) is 1. The second-order valence-electron chi connectivity index (χ2n) is 9.84. The lowest BCUT2D eigenvalue weighted by molar-refractivity contribution is -0.132.